The summed E-state index contributed by atoms with van der Waals surface area (Å²) in [5, 5.41) is 14.7. The highest BCUT2D eigenvalue weighted by Gasteiger charge is 2.23. The zero-order chi connectivity index (χ0) is 19.8. The number of hydrogen-bond acceptors (Lipinski definition) is 8. The predicted octanol–water partition coefficient (Wildman–Crippen LogP) is 2.08. The summed E-state index contributed by atoms with van der Waals surface area (Å²) in [6.45, 7) is 4.53. The number of anilines is 1. The number of thiazole rings is 1. The molecule has 1 aliphatic heterocycles. The molecule has 27 heavy (non-hydrogen) atoms. The standard InChI is InChI=1S/C16H23N5O4S2/c1-12(26)4-2-3-5-15(23)20-8-6-19(7-9-20)10-14(22)18-16-17-13(11-27-16)21(24)25/h11H,2-10H2,1H3,(H,17,18,22). The third-order valence-electron chi connectivity index (χ3n) is 4.19. The van der Waals surface area contributed by atoms with Gasteiger partial charge in [0.15, 0.2) is 0 Å². The predicted molar refractivity (Wildman–Crippen MR) is 107 cm³/mol. The van der Waals surface area contributed by atoms with Gasteiger partial charge in [-0.2, -0.15) is 0 Å². The highest BCUT2D eigenvalue weighted by Crippen LogP contribution is 2.20. The molecule has 0 atom stereocenters. The van der Waals surface area contributed by atoms with Gasteiger partial charge in [0.25, 0.3) is 0 Å². The van der Waals surface area contributed by atoms with Crippen molar-refractivity contribution in [2.45, 2.75) is 32.6 Å². The summed E-state index contributed by atoms with van der Waals surface area (Å²) in [5.41, 5.74) is 0. The molecule has 1 N–H and O–H groups in total. The number of thiocarbonyl (C=S) groups is 1. The molecule has 2 amide bonds. The summed E-state index contributed by atoms with van der Waals surface area (Å²) in [7, 11) is 0. The van der Waals surface area contributed by atoms with Gasteiger partial charge >= 0.3 is 10.9 Å². The van der Waals surface area contributed by atoms with Crippen molar-refractivity contribution in [3.05, 3.63) is 15.5 Å². The Bertz CT molecular complexity index is 701. The van der Waals surface area contributed by atoms with E-state index >= 15 is 0 Å². The first-order valence-corrected chi connectivity index (χ1v) is 10.0. The van der Waals surface area contributed by atoms with Crippen molar-refractivity contribution in [2.75, 3.05) is 38.0 Å². The van der Waals surface area contributed by atoms with Crippen molar-refractivity contribution >= 4 is 51.2 Å². The third-order valence-corrected chi connectivity index (χ3v) is 5.14. The topological polar surface area (TPSA) is 109 Å². The maximum atomic E-state index is 12.2. The SMILES string of the molecule is CC(=S)CCCCC(=O)N1CCN(CC(=O)Nc2nc([N+](=O)[O-])cs2)CC1. The number of nitrogens with zero attached hydrogens (tertiary/aromatic N) is 4. The highest BCUT2D eigenvalue weighted by atomic mass is 32.1. The second-order valence-electron chi connectivity index (χ2n) is 6.38. The Morgan fingerprint density at radius 1 is 1.30 bits per heavy atom. The minimum absolute atomic E-state index is 0.149. The molecule has 0 bridgehead atoms. The molecule has 0 radical (unpaired) electrons. The number of unbranched alkanes of at least 4 members (excludes halogenated alkanes) is 1. The molecule has 11 heteroatoms. The molecule has 1 aromatic rings. The smallest absolute Gasteiger partial charge is 0.358 e. The Kier molecular flexibility index (Phi) is 8.20. The van der Waals surface area contributed by atoms with Crippen molar-refractivity contribution in [1.29, 1.82) is 0 Å². The lowest BCUT2D eigenvalue weighted by atomic mass is 10.1. The summed E-state index contributed by atoms with van der Waals surface area (Å²) >= 11 is 6.05. The van der Waals surface area contributed by atoms with Crippen LogP contribution < -0.4 is 5.32 Å². The molecule has 2 rings (SSSR count). The van der Waals surface area contributed by atoms with E-state index in [0.29, 0.717) is 32.6 Å². The average molecular weight is 414 g/mol. The number of carbonyl (C=O) groups is 2. The second kappa shape index (κ2) is 10.4. The number of piperazine rings is 1. The van der Waals surface area contributed by atoms with Gasteiger partial charge in [0.05, 0.1) is 11.9 Å². The quantitative estimate of drug-likeness (QED) is 0.286. The van der Waals surface area contributed by atoms with Gasteiger partial charge in [-0.3, -0.25) is 19.8 Å². The molecule has 2 heterocycles. The minimum Gasteiger partial charge on any atom is -0.358 e. The van der Waals surface area contributed by atoms with Crippen LogP contribution >= 0.6 is 23.6 Å². The van der Waals surface area contributed by atoms with Crippen molar-refractivity contribution in [1.82, 2.24) is 14.8 Å². The molecule has 148 valence electrons. The number of rotatable bonds is 9. The number of nitrogens with one attached hydrogen (secondary N) is 1. The number of amides is 2. The first-order valence-electron chi connectivity index (χ1n) is 8.74. The fraction of sp³-hybridized carbons (Fsp3) is 0.625. The lowest BCUT2D eigenvalue weighted by Gasteiger charge is -2.34. The minimum atomic E-state index is -0.598. The van der Waals surface area contributed by atoms with Crippen molar-refractivity contribution < 1.29 is 14.5 Å². The summed E-state index contributed by atoms with van der Waals surface area (Å²) in [6.07, 6.45) is 3.20. The van der Waals surface area contributed by atoms with Crippen LogP contribution in [0.15, 0.2) is 5.38 Å². The lowest BCUT2D eigenvalue weighted by molar-refractivity contribution is -0.389. The van der Waals surface area contributed by atoms with E-state index in [1.54, 1.807) is 0 Å². The van der Waals surface area contributed by atoms with Crippen molar-refractivity contribution in [3.8, 4) is 0 Å². The Morgan fingerprint density at radius 3 is 2.56 bits per heavy atom. The van der Waals surface area contributed by atoms with Crippen LogP contribution in [-0.2, 0) is 9.59 Å². The lowest BCUT2D eigenvalue weighted by Crippen LogP contribution is -2.50. The Labute approximate surface area is 166 Å². The molecule has 0 aromatic carbocycles. The highest BCUT2D eigenvalue weighted by molar-refractivity contribution is 7.80. The van der Waals surface area contributed by atoms with Gasteiger partial charge in [0, 0.05) is 32.6 Å². The van der Waals surface area contributed by atoms with Gasteiger partial charge in [-0.05, 0) is 41.0 Å². The Balaban J connectivity index is 1.67. The van der Waals surface area contributed by atoms with Gasteiger partial charge in [0.2, 0.25) is 11.8 Å². The Hall–Kier alpha value is -1.98. The van der Waals surface area contributed by atoms with Crippen molar-refractivity contribution in [2.24, 2.45) is 0 Å². The van der Waals surface area contributed by atoms with E-state index in [1.165, 1.54) is 5.38 Å². The number of aromatic nitrogens is 1. The molecule has 1 aromatic heterocycles. The first kappa shape index (κ1) is 21.3. The number of hydrogen-bond donors (Lipinski definition) is 1. The van der Waals surface area contributed by atoms with E-state index in [2.05, 4.69) is 10.3 Å². The van der Waals surface area contributed by atoms with E-state index in [4.69, 9.17) is 12.2 Å². The average Bonchev–Trinajstić information content (AvgIpc) is 3.07. The van der Waals surface area contributed by atoms with E-state index < -0.39 is 4.92 Å². The van der Waals surface area contributed by atoms with Crippen LogP contribution in [0, 0.1) is 10.1 Å². The van der Waals surface area contributed by atoms with Gasteiger partial charge < -0.3 is 15.0 Å². The molecule has 1 aliphatic rings. The van der Waals surface area contributed by atoms with E-state index in [1.807, 2.05) is 16.7 Å². The fourth-order valence-corrected chi connectivity index (χ4v) is 3.55. The van der Waals surface area contributed by atoms with E-state index in [9.17, 15) is 19.7 Å². The zero-order valence-electron chi connectivity index (χ0n) is 15.2. The van der Waals surface area contributed by atoms with Crippen LogP contribution in [0.4, 0.5) is 10.9 Å². The monoisotopic (exact) mass is 413 g/mol. The zero-order valence-corrected chi connectivity index (χ0v) is 16.8. The van der Waals surface area contributed by atoms with E-state index in [-0.39, 0.29) is 29.3 Å². The summed E-state index contributed by atoms with van der Waals surface area (Å²) in [6, 6.07) is 0. The molecule has 0 spiro atoms. The molecule has 9 nitrogen and oxygen atoms in total. The fourth-order valence-electron chi connectivity index (χ4n) is 2.73. The number of nitro groups is 1. The maximum Gasteiger partial charge on any atom is 0.376 e. The largest absolute Gasteiger partial charge is 0.376 e. The van der Waals surface area contributed by atoms with Crippen LogP contribution in [0.3, 0.4) is 0 Å². The normalized spacial score (nSPS) is 14.8. The van der Waals surface area contributed by atoms with Crippen LogP contribution in [0.25, 0.3) is 0 Å². The van der Waals surface area contributed by atoms with Gasteiger partial charge in [-0.15, -0.1) is 0 Å². The maximum absolute atomic E-state index is 12.2. The van der Waals surface area contributed by atoms with Gasteiger partial charge in [-0.1, -0.05) is 23.6 Å². The van der Waals surface area contributed by atoms with Crippen LogP contribution in [-0.4, -0.2) is 69.1 Å². The van der Waals surface area contributed by atoms with Gasteiger partial charge in [0.1, 0.15) is 0 Å². The van der Waals surface area contributed by atoms with Crippen LogP contribution in [0.5, 0.6) is 0 Å². The molecule has 0 saturated carbocycles. The molecular formula is C16H23N5O4S2. The number of carbonyl (C=O) groups excluding carboxylic acids is 2. The van der Waals surface area contributed by atoms with Gasteiger partial charge in [-0.25, -0.2) is 0 Å². The first-order chi connectivity index (χ1) is 12.8. The Morgan fingerprint density at radius 2 is 1.96 bits per heavy atom. The second-order valence-corrected chi connectivity index (χ2v) is 7.94. The van der Waals surface area contributed by atoms with Crippen LogP contribution in [0.2, 0.25) is 0 Å². The summed E-state index contributed by atoms with van der Waals surface area (Å²) < 4.78 is 0. The van der Waals surface area contributed by atoms with Crippen molar-refractivity contribution in [3.63, 3.8) is 0 Å². The van der Waals surface area contributed by atoms with Crippen LogP contribution in [0.1, 0.15) is 32.6 Å². The molecule has 1 saturated heterocycles. The van der Waals surface area contributed by atoms with E-state index in [0.717, 1.165) is 35.5 Å². The molecule has 0 aliphatic carbocycles. The summed E-state index contributed by atoms with van der Waals surface area (Å²) in [4.78, 5) is 42.8. The molecule has 1 fully saturated rings. The molecule has 0 unspecified atom stereocenters. The molecular weight excluding hydrogens is 390 g/mol. The summed E-state index contributed by atoms with van der Waals surface area (Å²) in [5.74, 6) is -0.394. The third kappa shape index (κ3) is 7.27.